The summed E-state index contributed by atoms with van der Waals surface area (Å²) in [6, 6.07) is 0. The van der Waals surface area contributed by atoms with Gasteiger partial charge in [-0.1, -0.05) is 0 Å². The predicted molar refractivity (Wildman–Crippen MR) is 45.3 cm³/mol. The van der Waals surface area contributed by atoms with Gasteiger partial charge in [-0.2, -0.15) is 0 Å². The lowest BCUT2D eigenvalue weighted by Crippen LogP contribution is -2.25. The van der Waals surface area contributed by atoms with E-state index >= 15 is 0 Å². The van der Waals surface area contributed by atoms with Crippen molar-refractivity contribution in [3.05, 3.63) is 17.8 Å². The van der Waals surface area contributed by atoms with Crippen molar-refractivity contribution in [1.29, 1.82) is 0 Å². The highest BCUT2D eigenvalue weighted by molar-refractivity contribution is 5.91. The van der Waals surface area contributed by atoms with E-state index in [2.05, 4.69) is 10.3 Å². The number of rotatable bonds is 4. The van der Waals surface area contributed by atoms with E-state index in [1.165, 1.54) is 6.26 Å². The zero-order chi connectivity index (χ0) is 9.68. The van der Waals surface area contributed by atoms with Crippen LogP contribution in [0.25, 0.3) is 0 Å². The van der Waals surface area contributed by atoms with Gasteiger partial charge in [0.2, 0.25) is 0 Å². The number of oxazole rings is 1. The Labute approximate surface area is 75.8 Å². The molecule has 13 heavy (non-hydrogen) atoms. The molecule has 1 aromatic rings. The van der Waals surface area contributed by atoms with Crippen molar-refractivity contribution in [2.45, 2.75) is 13.3 Å². The minimum absolute atomic E-state index is 0.0676. The number of aryl methyl sites for hydroxylation is 1. The van der Waals surface area contributed by atoms with E-state index in [0.717, 1.165) is 0 Å². The summed E-state index contributed by atoms with van der Waals surface area (Å²) in [7, 11) is 0. The third-order valence-corrected chi connectivity index (χ3v) is 1.47. The summed E-state index contributed by atoms with van der Waals surface area (Å²) >= 11 is 0. The number of hydrogen-bond donors (Lipinski definition) is 2. The number of nitrogens with one attached hydrogen (secondary N) is 1. The lowest BCUT2D eigenvalue weighted by molar-refractivity contribution is 0.0946. The minimum atomic E-state index is -0.273. The van der Waals surface area contributed by atoms with Gasteiger partial charge in [0.1, 0.15) is 6.26 Å². The van der Waals surface area contributed by atoms with E-state index in [0.29, 0.717) is 18.9 Å². The molecule has 0 saturated carbocycles. The first-order chi connectivity index (χ1) is 6.24. The second-order valence-corrected chi connectivity index (χ2v) is 2.58. The first-order valence-corrected chi connectivity index (χ1v) is 4.05. The first kappa shape index (κ1) is 9.73. The third-order valence-electron chi connectivity index (χ3n) is 1.47. The van der Waals surface area contributed by atoms with Crippen LogP contribution in [0.3, 0.4) is 0 Å². The molecule has 0 aliphatic carbocycles. The average molecular weight is 184 g/mol. The van der Waals surface area contributed by atoms with Gasteiger partial charge in [0.25, 0.3) is 5.91 Å². The Morgan fingerprint density at radius 3 is 3.08 bits per heavy atom. The molecule has 0 aliphatic heterocycles. The molecule has 0 spiro atoms. The standard InChI is InChI=1S/C8H12N2O3/c1-6-10-7(5-13-6)8(12)9-3-2-4-11/h5,11H,2-4H2,1H3,(H,9,12). The highest BCUT2D eigenvalue weighted by atomic mass is 16.3. The highest BCUT2D eigenvalue weighted by Crippen LogP contribution is 1.99. The van der Waals surface area contributed by atoms with Gasteiger partial charge in [-0.3, -0.25) is 4.79 Å². The molecule has 5 nitrogen and oxygen atoms in total. The fourth-order valence-electron chi connectivity index (χ4n) is 0.839. The molecule has 72 valence electrons. The number of aliphatic hydroxyl groups is 1. The van der Waals surface area contributed by atoms with Gasteiger partial charge in [0.05, 0.1) is 0 Å². The van der Waals surface area contributed by atoms with E-state index in [-0.39, 0.29) is 18.2 Å². The van der Waals surface area contributed by atoms with Crippen LogP contribution in [-0.2, 0) is 0 Å². The largest absolute Gasteiger partial charge is 0.448 e. The summed E-state index contributed by atoms with van der Waals surface area (Å²) in [5.74, 6) is 0.192. The van der Waals surface area contributed by atoms with Gasteiger partial charge in [0, 0.05) is 20.1 Å². The number of amides is 1. The highest BCUT2D eigenvalue weighted by Gasteiger charge is 2.08. The van der Waals surface area contributed by atoms with Gasteiger partial charge in [0.15, 0.2) is 11.6 Å². The molecule has 1 aromatic heterocycles. The van der Waals surface area contributed by atoms with Crippen LogP contribution in [0.15, 0.2) is 10.7 Å². The quantitative estimate of drug-likeness (QED) is 0.650. The van der Waals surface area contributed by atoms with Crippen LogP contribution in [0.5, 0.6) is 0 Å². The Kier molecular flexibility index (Phi) is 3.45. The Bertz CT molecular complexity index is 283. The normalized spacial score (nSPS) is 10.0. The SMILES string of the molecule is Cc1nc(C(=O)NCCCO)co1. The molecule has 0 aliphatic rings. The Hall–Kier alpha value is -1.36. The van der Waals surface area contributed by atoms with Crippen LogP contribution in [0.4, 0.5) is 0 Å². The number of nitrogens with zero attached hydrogens (tertiary/aromatic N) is 1. The van der Waals surface area contributed by atoms with Gasteiger partial charge in [-0.05, 0) is 6.42 Å². The summed E-state index contributed by atoms with van der Waals surface area (Å²) in [6.45, 7) is 2.18. The van der Waals surface area contributed by atoms with E-state index < -0.39 is 0 Å². The van der Waals surface area contributed by atoms with E-state index in [4.69, 9.17) is 9.52 Å². The molecule has 0 atom stereocenters. The molecular weight excluding hydrogens is 172 g/mol. The van der Waals surface area contributed by atoms with Crippen molar-refractivity contribution in [3.8, 4) is 0 Å². The van der Waals surface area contributed by atoms with Crippen LogP contribution in [-0.4, -0.2) is 29.1 Å². The van der Waals surface area contributed by atoms with Crippen molar-refractivity contribution in [1.82, 2.24) is 10.3 Å². The molecular formula is C8H12N2O3. The van der Waals surface area contributed by atoms with Crippen LogP contribution >= 0.6 is 0 Å². The molecule has 5 heteroatoms. The molecule has 0 saturated heterocycles. The van der Waals surface area contributed by atoms with Gasteiger partial charge in [-0.25, -0.2) is 4.98 Å². The average Bonchev–Trinajstić information content (AvgIpc) is 2.52. The maximum atomic E-state index is 11.2. The lowest BCUT2D eigenvalue weighted by Gasteiger charge is -1.99. The summed E-state index contributed by atoms with van der Waals surface area (Å²) in [5.41, 5.74) is 0.274. The van der Waals surface area contributed by atoms with Crippen LogP contribution in [0.2, 0.25) is 0 Å². The Balaban J connectivity index is 2.40. The number of carbonyl (C=O) groups is 1. The van der Waals surface area contributed by atoms with Crippen LogP contribution in [0, 0.1) is 6.92 Å². The molecule has 1 rings (SSSR count). The molecule has 0 radical (unpaired) electrons. The molecule has 0 aromatic carbocycles. The van der Waals surface area contributed by atoms with E-state index in [9.17, 15) is 4.79 Å². The third kappa shape index (κ3) is 2.87. The van der Waals surface area contributed by atoms with Crippen LogP contribution < -0.4 is 5.32 Å². The van der Waals surface area contributed by atoms with Crippen molar-refractivity contribution >= 4 is 5.91 Å². The predicted octanol–water partition coefficient (Wildman–Crippen LogP) is 0.0952. The molecule has 0 fully saturated rings. The van der Waals surface area contributed by atoms with Crippen molar-refractivity contribution in [2.75, 3.05) is 13.2 Å². The van der Waals surface area contributed by atoms with Crippen molar-refractivity contribution in [2.24, 2.45) is 0 Å². The molecule has 1 heterocycles. The summed E-state index contributed by atoms with van der Waals surface area (Å²) in [5, 5.41) is 11.1. The minimum Gasteiger partial charge on any atom is -0.448 e. The second-order valence-electron chi connectivity index (χ2n) is 2.58. The summed E-state index contributed by atoms with van der Waals surface area (Å²) < 4.78 is 4.87. The first-order valence-electron chi connectivity index (χ1n) is 4.05. The Morgan fingerprint density at radius 2 is 2.54 bits per heavy atom. The van der Waals surface area contributed by atoms with Crippen LogP contribution in [0.1, 0.15) is 22.8 Å². The molecule has 0 unspecified atom stereocenters. The number of aromatic nitrogens is 1. The second kappa shape index (κ2) is 4.61. The monoisotopic (exact) mass is 184 g/mol. The summed E-state index contributed by atoms with van der Waals surface area (Å²) in [6.07, 6.45) is 1.85. The zero-order valence-electron chi connectivity index (χ0n) is 7.41. The number of carbonyl (C=O) groups excluding carboxylic acids is 1. The molecule has 0 bridgehead atoms. The van der Waals surface area contributed by atoms with Gasteiger partial charge >= 0.3 is 0 Å². The fourth-order valence-corrected chi connectivity index (χ4v) is 0.839. The van der Waals surface area contributed by atoms with Crippen molar-refractivity contribution in [3.63, 3.8) is 0 Å². The zero-order valence-corrected chi connectivity index (χ0v) is 7.41. The molecule has 1 amide bonds. The topological polar surface area (TPSA) is 75.4 Å². The Morgan fingerprint density at radius 1 is 1.77 bits per heavy atom. The summed E-state index contributed by atoms with van der Waals surface area (Å²) in [4.78, 5) is 15.1. The van der Waals surface area contributed by atoms with Gasteiger partial charge in [-0.15, -0.1) is 0 Å². The maximum Gasteiger partial charge on any atom is 0.273 e. The lowest BCUT2D eigenvalue weighted by atomic mass is 10.4. The molecule has 2 N–H and O–H groups in total. The fraction of sp³-hybridized carbons (Fsp3) is 0.500. The smallest absolute Gasteiger partial charge is 0.273 e. The van der Waals surface area contributed by atoms with Crippen molar-refractivity contribution < 1.29 is 14.3 Å². The number of hydrogen-bond acceptors (Lipinski definition) is 4. The van der Waals surface area contributed by atoms with E-state index in [1.54, 1.807) is 6.92 Å². The van der Waals surface area contributed by atoms with E-state index in [1.807, 2.05) is 0 Å². The maximum absolute atomic E-state index is 11.2. The number of aliphatic hydroxyl groups excluding tert-OH is 1. The van der Waals surface area contributed by atoms with Gasteiger partial charge < -0.3 is 14.8 Å².